The van der Waals surface area contributed by atoms with Crippen LogP contribution in [0.1, 0.15) is 36.0 Å². The predicted molar refractivity (Wildman–Crippen MR) is 139 cm³/mol. The molecule has 3 aromatic rings. The Kier molecular flexibility index (Phi) is 7.54. The second kappa shape index (κ2) is 11.2. The van der Waals surface area contributed by atoms with E-state index in [1.165, 1.54) is 0 Å². The van der Waals surface area contributed by atoms with Gasteiger partial charge in [0, 0.05) is 43.2 Å². The number of pyridine rings is 1. The number of ether oxygens (including phenoxy) is 1. The number of piperidine rings is 1. The van der Waals surface area contributed by atoms with Crippen LogP contribution >= 0.6 is 0 Å². The Bertz CT molecular complexity index is 1310. The molecule has 38 heavy (non-hydrogen) atoms. The second-order valence-electron chi connectivity index (χ2n) is 9.85. The van der Waals surface area contributed by atoms with Crippen LogP contribution in [0.5, 0.6) is 0 Å². The van der Waals surface area contributed by atoms with Crippen molar-refractivity contribution in [1.82, 2.24) is 24.4 Å². The number of aliphatic carboxylic acids is 1. The van der Waals surface area contributed by atoms with E-state index in [0.717, 1.165) is 24.1 Å². The molecule has 2 aliphatic heterocycles. The number of hydrogen-bond acceptors (Lipinski definition) is 7. The number of nitrogen functional groups attached to an aromatic ring is 1. The van der Waals surface area contributed by atoms with Gasteiger partial charge in [0.15, 0.2) is 5.65 Å². The maximum atomic E-state index is 13.0. The number of fused-ring (bicyclic) bond motifs is 1. The molecule has 3 aliphatic rings. The molecule has 3 N–H and O–H groups in total. The normalized spacial score (nSPS) is 18.1. The van der Waals surface area contributed by atoms with Crippen molar-refractivity contribution in [3.63, 3.8) is 0 Å². The third-order valence-electron chi connectivity index (χ3n) is 7.18. The van der Waals surface area contributed by atoms with Gasteiger partial charge in [-0.2, -0.15) is 4.98 Å². The summed E-state index contributed by atoms with van der Waals surface area (Å²) in [5, 5.41) is 12.3. The average Bonchev–Trinajstić information content (AvgIpc) is 3.74. The van der Waals surface area contributed by atoms with E-state index in [4.69, 9.17) is 15.6 Å². The van der Waals surface area contributed by atoms with Crippen LogP contribution < -0.4 is 5.73 Å². The minimum Gasteiger partial charge on any atom is -0.481 e. The number of nitrogens with zero attached hydrogens (tertiary/aromatic N) is 5. The van der Waals surface area contributed by atoms with Gasteiger partial charge in [0.1, 0.15) is 0 Å². The summed E-state index contributed by atoms with van der Waals surface area (Å²) in [6.07, 6.45) is 3.20. The van der Waals surface area contributed by atoms with Gasteiger partial charge in [-0.3, -0.25) is 14.4 Å². The Balaban J connectivity index is 0.000000433. The number of morpholine rings is 1. The lowest BCUT2D eigenvalue weighted by Gasteiger charge is -2.35. The summed E-state index contributed by atoms with van der Waals surface area (Å²) in [5.74, 6) is -0.195. The zero-order valence-electron chi connectivity index (χ0n) is 21.2. The molecule has 0 bridgehead atoms. The highest BCUT2D eigenvalue weighted by molar-refractivity contribution is 5.95. The predicted octanol–water partition coefficient (Wildman–Crippen LogP) is 2.17. The molecule has 11 nitrogen and oxygen atoms in total. The average molecular weight is 521 g/mol. The highest BCUT2D eigenvalue weighted by Gasteiger charge is 2.31. The number of carbonyl (C=O) groups is 3. The molecular formula is C27H32N6O5. The maximum absolute atomic E-state index is 13.0. The van der Waals surface area contributed by atoms with Crippen molar-refractivity contribution in [2.75, 3.05) is 45.1 Å². The van der Waals surface area contributed by atoms with Crippen LogP contribution in [0.25, 0.3) is 16.9 Å². The van der Waals surface area contributed by atoms with Crippen LogP contribution in [0.2, 0.25) is 0 Å². The molecular weight excluding hydrogens is 488 g/mol. The van der Waals surface area contributed by atoms with E-state index in [0.29, 0.717) is 63.4 Å². The first-order chi connectivity index (χ1) is 18.4. The van der Waals surface area contributed by atoms with Crippen molar-refractivity contribution < 1.29 is 24.2 Å². The van der Waals surface area contributed by atoms with Crippen molar-refractivity contribution in [2.24, 2.45) is 11.8 Å². The summed E-state index contributed by atoms with van der Waals surface area (Å²) in [5.41, 5.74) is 8.82. The zero-order chi connectivity index (χ0) is 26.6. The first-order valence-corrected chi connectivity index (χ1v) is 13.0. The van der Waals surface area contributed by atoms with E-state index in [2.05, 4.69) is 10.1 Å². The van der Waals surface area contributed by atoms with E-state index < -0.39 is 5.97 Å². The number of likely N-dealkylation sites (tertiary alicyclic amines) is 1. The number of nitrogens with two attached hydrogens (primary N) is 1. The van der Waals surface area contributed by atoms with Crippen molar-refractivity contribution in [1.29, 1.82) is 0 Å². The van der Waals surface area contributed by atoms with Gasteiger partial charge in [0.25, 0.3) is 5.91 Å². The Morgan fingerprint density at radius 2 is 1.55 bits per heavy atom. The summed E-state index contributed by atoms with van der Waals surface area (Å²) in [4.78, 5) is 43.4. The molecule has 0 spiro atoms. The Hall–Kier alpha value is -3.99. The first kappa shape index (κ1) is 25.7. The van der Waals surface area contributed by atoms with Gasteiger partial charge in [0.05, 0.1) is 24.8 Å². The highest BCUT2D eigenvalue weighted by Crippen LogP contribution is 2.28. The lowest BCUT2D eigenvalue weighted by molar-refractivity contribution is -0.141. The molecule has 2 aromatic heterocycles. The number of aromatic nitrogens is 3. The third kappa shape index (κ3) is 5.77. The van der Waals surface area contributed by atoms with Gasteiger partial charge in [0.2, 0.25) is 11.9 Å². The fourth-order valence-corrected chi connectivity index (χ4v) is 4.81. The van der Waals surface area contributed by atoms with Gasteiger partial charge in [-0.05, 0) is 49.9 Å². The molecule has 2 saturated heterocycles. The number of hydrogen-bond donors (Lipinski definition) is 2. The molecule has 2 amide bonds. The fourth-order valence-electron chi connectivity index (χ4n) is 4.81. The Labute approximate surface area is 220 Å². The summed E-state index contributed by atoms with van der Waals surface area (Å²) in [6, 6.07) is 13.2. The number of carboxylic acid groups (broad SMARTS) is 1. The van der Waals surface area contributed by atoms with Crippen LogP contribution in [0.15, 0.2) is 42.5 Å². The number of amides is 2. The lowest BCUT2D eigenvalue weighted by Crippen LogP contribution is -2.47. The quantitative estimate of drug-likeness (QED) is 0.533. The SMILES string of the molecule is Nc1nc2cccc(-c3ccc(C(=O)N4CCC(C(=O)N5CCOCC5)CC4)cc3)n2n1.O=C(O)C1CC1. The topological polar surface area (TPSA) is 143 Å². The molecule has 0 unspecified atom stereocenters. The van der Waals surface area contributed by atoms with E-state index in [9.17, 15) is 14.4 Å². The van der Waals surface area contributed by atoms with Crippen LogP contribution in [0.3, 0.4) is 0 Å². The van der Waals surface area contributed by atoms with Crippen LogP contribution in [-0.4, -0.2) is 86.7 Å². The van der Waals surface area contributed by atoms with Crippen molar-refractivity contribution in [2.45, 2.75) is 25.7 Å². The first-order valence-electron chi connectivity index (χ1n) is 13.0. The maximum Gasteiger partial charge on any atom is 0.306 e. The Morgan fingerprint density at radius 3 is 2.16 bits per heavy atom. The van der Waals surface area contributed by atoms with Gasteiger partial charge in [-0.15, -0.1) is 5.10 Å². The lowest BCUT2D eigenvalue weighted by atomic mass is 9.94. The summed E-state index contributed by atoms with van der Waals surface area (Å²) >= 11 is 0. The molecule has 200 valence electrons. The van der Waals surface area contributed by atoms with E-state index in [1.54, 1.807) is 4.52 Å². The Morgan fingerprint density at radius 1 is 0.868 bits per heavy atom. The third-order valence-corrected chi connectivity index (χ3v) is 7.18. The number of carboxylic acids is 1. The summed E-state index contributed by atoms with van der Waals surface area (Å²) in [6.45, 7) is 3.74. The van der Waals surface area contributed by atoms with Gasteiger partial charge < -0.3 is 25.4 Å². The van der Waals surface area contributed by atoms with Crippen LogP contribution in [-0.2, 0) is 14.3 Å². The molecule has 1 aliphatic carbocycles. The molecule has 3 fully saturated rings. The smallest absolute Gasteiger partial charge is 0.306 e. The number of anilines is 1. The number of carbonyl (C=O) groups excluding carboxylic acids is 2. The largest absolute Gasteiger partial charge is 0.481 e. The monoisotopic (exact) mass is 520 g/mol. The molecule has 6 rings (SSSR count). The number of benzene rings is 1. The summed E-state index contributed by atoms with van der Waals surface area (Å²) < 4.78 is 7.03. The highest BCUT2D eigenvalue weighted by atomic mass is 16.5. The zero-order valence-corrected chi connectivity index (χ0v) is 21.2. The van der Waals surface area contributed by atoms with E-state index in [-0.39, 0.29) is 29.6 Å². The molecule has 0 atom stereocenters. The van der Waals surface area contributed by atoms with Gasteiger partial charge in [-0.25, -0.2) is 4.52 Å². The van der Waals surface area contributed by atoms with Crippen molar-refractivity contribution in [3.8, 4) is 11.3 Å². The molecule has 0 radical (unpaired) electrons. The van der Waals surface area contributed by atoms with Crippen LogP contribution in [0.4, 0.5) is 5.95 Å². The summed E-state index contributed by atoms with van der Waals surface area (Å²) in [7, 11) is 0. The standard InChI is InChI=1S/C23H26N6O3.C4H6O2/c24-23-25-20-3-1-2-19(29(20)26-23)16-4-6-17(7-5-16)21(30)27-10-8-18(9-11-27)22(31)28-12-14-32-15-13-28;5-4(6)3-1-2-3/h1-7,18H,8-15H2,(H2,24,26);3H,1-2H2,(H,5,6). The number of rotatable bonds is 4. The molecule has 1 saturated carbocycles. The van der Waals surface area contributed by atoms with E-state index in [1.807, 2.05) is 52.3 Å². The minimum atomic E-state index is -0.630. The van der Waals surface area contributed by atoms with Gasteiger partial charge >= 0.3 is 5.97 Å². The fraction of sp³-hybridized carbons (Fsp3) is 0.444. The molecule has 4 heterocycles. The second-order valence-corrected chi connectivity index (χ2v) is 9.85. The van der Waals surface area contributed by atoms with Crippen molar-refractivity contribution in [3.05, 3.63) is 48.0 Å². The molecule has 1 aromatic carbocycles. The van der Waals surface area contributed by atoms with Crippen LogP contribution in [0, 0.1) is 11.8 Å². The van der Waals surface area contributed by atoms with Gasteiger partial charge in [-0.1, -0.05) is 18.2 Å². The van der Waals surface area contributed by atoms with E-state index >= 15 is 0 Å². The van der Waals surface area contributed by atoms with Crippen molar-refractivity contribution >= 4 is 29.4 Å². The minimum absolute atomic E-state index is 0.00275. The molecule has 11 heteroatoms.